The van der Waals surface area contributed by atoms with Gasteiger partial charge in [-0.3, -0.25) is 9.59 Å². The first kappa shape index (κ1) is 15.3. The molecule has 0 bridgehead atoms. The Morgan fingerprint density at radius 1 is 1.32 bits per heavy atom. The van der Waals surface area contributed by atoms with Crippen LogP contribution in [-0.2, 0) is 14.3 Å². The molecular weight excluding hydrogens is 252 g/mol. The number of nitrogens with one attached hydrogen (secondary N) is 1. The van der Waals surface area contributed by atoms with Crippen molar-refractivity contribution in [3.05, 3.63) is 0 Å². The number of carbonyl (C=O) groups is 3. The molecule has 2 N–H and O–H groups in total. The van der Waals surface area contributed by atoms with Gasteiger partial charge in [0.1, 0.15) is 12.1 Å². The van der Waals surface area contributed by atoms with Crippen molar-refractivity contribution in [3.63, 3.8) is 0 Å². The number of likely N-dealkylation sites (tertiary alicyclic amines) is 1. The number of carbonyl (C=O) groups excluding carboxylic acids is 2. The van der Waals surface area contributed by atoms with Crippen LogP contribution in [0.25, 0.3) is 0 Å². The van der Waals surface area contributed by atoms with Crippen molar-refractivity contribution >= 4 is 18.0 Å². The number of nitrogens with zero attached hydrogens (tertiary/aromatic N) is 1. The summed E-state index contributed by atoms with van der Waals surface area (Å²) in [6, 6.07) is 0. The van der Waals surface area contributed by atoms with E-state index >= 15 is 0 Å². The molecule has 1 saturated heterocycles. The fourth-order valence-corrected chi connectivity index (χ4v) is 1.72. The number of rotatable bonds is 4. The molecule has 0 atom stereocenters. The number of carboxylic acid groups (broad SMARTS) is 1. The predicted octanol–water partition coefficient (Wildman–Crippen LogP) is 0.444. The summed E-state index contributed by atoms with van der Waals surface area (Å²) in [4.78, 5) is 34.9. The minimum Gasteiger partial charge on any atom is -0.481 e. The number of carboxylic acids is 1. The minimum atomic E-state index is -0.857. The minimum absolute atomic E-state index is 0.0166. The maximum atomic E-state index is 11.6. The molecule has 0 unspecified atom stereocenters. The lowest BCUT2D eigenvalue weighted by Gasteiger charge is -2.38. The maximum absolute atomic E-state index is 11.6. The molecule has 19 heavy (non-hydrogen) atoms. The van der Waals surface area contributed by atoms with Gasteiger partial charge in [0.25, 0.3) is 0 Å². The zero-order valence-electron chi connectivity index (χ0n) is 11.4. The van der Waals surface area contributed by atoms with E-state index in [0.29, 0.717) is 13.1 Å². The second kappa shape index (κ2) is 5.90. The lowest BCUT2D eigenvalue weighted by Crippen LogP contribution is -2.53. The molecule has 1 rings (SSSR count). The van der Waals surface area contributed by atoms with E-state index in [1.165, 1.54) is 4.90 Å². The molecule has 1 fully saturated rings. The van der Waals surface area contributed by atoms with Gasteiger partial charge in [0.15, 0.2) is 0 Å². The summed E-state index contributed by atoms with van der Waals surface area (Å²) in [7, 11) is 0. The Morgan fingerprint density at radius 2 is 1.89 bits per heavy atom. The van der Waals surface area contributed by atoms with Crippen LogP contribution in [0.2, 0.25) is 0 Å². The van der Waals surface area contributed by atoms with E-state index in [-0.39, 0.29) is 24.8 Å². The van der Waals surface area contributed by atoms with Gasteiger partial charge in [-0.05, 0) is 20.8 Å². The van der Waals surface area contributed by atoms with E-state index in [0.717, 1.165) is 0 Å². The van der Waals surface area contributed by atoms with E-state index in [1.807, 2.05) is 0 Å². The van der Waals surface area contributed by atoms with Gasteiger partial charge in [-0.15, -0.1) is 0 Å². The number of hydrogen-bond acceptors (Lipinski definition) is 4. The Kier molecular flexibility index (Phi) is 4.74. The second-order valence-electron chi connectivity index (χ2n) is 5.62. The number of alkyl carbamates (subject to hydrolysis) is 1. The van der Waals surface area contributed by atoms with Crippen LogP contribution in [0.1, 0.15) is 27.2 Å². The Hall–Kier alpha value is -1.79. The highest BCUT2D eigenvalue weighted by atomic mass is 16.6. The van der Waals surface area contributed by atoms with Crippen molar-refractivity contribution < 1.29 is 24.2 Å². The van der Waals surface area contributed by atoms with Crippen molar-refractivity contribution in [2.75, 3.05) is 19.6 Å². The molecule has 0 aromatic rings. The van der Waals surface area contributed by atoms with Crippen molar-refractivity contribution in [1.82, 2.24) is 10.2 Å². The van der Waals surface area contributed by atoms with E-state index < -0.39 is 17.7 Å². The summed E-state index contributed by atoms with van der Waals surface area (Å²) in [5, 5.41) is 11.0. The highest BCUT2D eigenvalue weighted by Gasteiger charge is 2.32. The summed E-state index contributed by atoms with van der Waals surface area (Å²) < 4.78 is 4.99. The quantitative estimate of drug-likeness (QED) is 0.774. The SMILES string of the molecule is CC(C)(C)OC(=O)NCC(=O)N1CC(CC(=O)O)C1. The van der Waals surface area contributed by atoms with Gasteiger partial charge >= 0.3 is 12.1 Å². The Morgan fingerprint density at radius 3 is 2.37 bits per heavy atom. The van der Waals surface area contributed by atoms with Crippen LogP contribution in [0.15, 0.2) is 0 Å². The second-order valence-corrected chi connectivity index (χ2v) is 5.62. The fourth-order valence-electron chi connectivity index (χ4n) is 1.72. The molecule has 7 heteroatoms. The zero-order chi connectivity index (χ0) is 14.6. The first-order valence-electron chi connectivity index (χ1n) is 6.14. The van der Waals surface area contributed by atoms with Gasteiger partial charge in [-0.2, -0.15) is 0 Å². The van der Waals surface area contributed by atoms with Crippen LogP contribution in [0.3, 0.4) is 0 Å². The largest absolute Gasteiger partial charge is 0.481 e. The van der Waals surface area contributed by atoms with Crippen LogP contribution < -0.4 is 5.32 Å². The molecule has 0 radical (unpaired) electrons. The third-order valence-electron chi connectivity index (χ3n) is 2.56. The zero-order valence-corrected chi connectivity index (χ0v) is 11.4. The molecule has 1 aliphatic rings. The van der Waals surface area contributed by atoms with E-state index in [4.69, 9.17) is 9.84 Å². The lowest BCUT2D eigenvalue weighted by molar-refractivity contribution is -0.144. The number of ether oxygens (including phenoxy) is 1. The molecule has 1 aliphatic heterocycles. The van der Waals surface area contributed by atoms with E-state index in [2.05, 4.69) is 5.32 Å². The first-order valence-corrected chi connectivity index (χ1v) is 6.14. The molecule has 0 saturated carbocycles. The van der Waals surface area contributed by atoms with E-state index in [9.17, 15) is 14.4 Å². The molecule has 108 valence electrons. The van der Waals surface area contributed by atoms with Crippen molar-refractivity contribution in [1.29, 1.82) is 0 Å². The standard InChI is InChI=1S/C12H20N2O5/c1-12(2,3)19-11(18)13-5-9(15)14-6-8(7-14)4-10(16)17/h8H,4-7H2,1-3H3,(H,13,18)(H,16,17). The number of amides is 2. The summed E-state index contributed by atoms with van der Waals surface area (Å²) >= 11 is 0. The van der Waals surface area contributed by atoms with Crippen LogP contribution >= 0.6 is 0 Å². The van der Waals surface area contributed by atoms with Crippen molar-refractivity contribution in [2.45, 2.75) is 32.8 Å². The van der Waals surface area contributed by atoms with Crippen molar-refractivity contribution in [3.8, 4) is 0 Å². The molecule has 7 nitrogen and oxygen atoms in total. The highest BCUT2D eigenvalue weighted by molar-refractivity contribution is 5.83. The smallest absolute Gasteiger partial charge is 0.408 e. The fraction of sp³-hybridized carbons (Fsp3) is 0.750. The molecular formula is C12H20N2O5. The number of aliphatic carboxylic acids is 1. The molecule has 0 spiro atoms. The Bertz CT molecular complexity index is 369. The summed E-state index contributed by atoms with van der Waals surface area (Å²) in [6.45, 7) is 5.94. The summed E-state index contributed by atoms with van der Waals surface area (Å²) in [5.41, 5.74) is -0.601. The predicted molar refractivity (Wildman–Crippen MR) is 66.6 cm³/mol. The van der Waals surface area contributed by atoms with Gasteiger partial charge in [0, 0.05) is 19.0 Å². The van der Waals surface area contributed by atoms with Gasteiger partial charge in [0.2, 0.25) is 5.91 Å². The average Bonchev–Trinajstić information content (AvgIpc) is 2.16. The third kappa shape index (κ3) is 5.58. The molecule has 0 aliphatic carbocycles. The summed E-state index contributed by atoms with van der Waals surface area (Å²) in [6.07, 6.45) is -0.563. The molecule has 0 aromatic heterocycles. The Labute approximate surface area is 111 Å². The van der Waals surface area contributed by atoms with E-state index in [1.54, 1.807) is 20.8 Å². The normalized spacial score (nSPS) is 15.6. The highest BCUT2D eigenvalue weighted by Crippen LogP contribution is 2.18. The lowest BCUT2D eigenvalue weighted by atomic mass is 9.96. The van der Waals surface area contributed by atoms with Crippen molar-refractivity contribution in [2.24, 2.45) is 5.92 Å². The van der Waals surface area contributed by atoms with Gasteiger partial charge < -0.3 is 20.1 Å². The monoisotopic (exact) mass is 272 g/mol. The molecule has 1 heterocycles. The molecule has 2 amide bonds. The van der Waals surface area contributed by atoms with Gasteiger partial charge in [-0.25, -0.2) is 4.79 Å². The van der Waals surface area contributed by atoms with Crippen LogP contribution in [-0.4, -0.2) is 53.2 Å². The summed E-state index contributed by atoms with van der Waals surface area (Å²) in [5.74, 6) is -1.07. The first-order chi connectivity index (χ1) is 8.67. The molecule has 0 aromatic carbocycles. The Balaban J connectivity index is 2.20. The topological polar surface area (TPSA) is 95.9 Å². The van der Waals surface area contributed by atoms with Crippen LogP contribution in [0.4, 0.5) is 4.79 Å². The maximum Gasteiger partial charge on any atom is 0.408 e. The van der Waals surface area contributed by atoms with Gasteiger partial charge in [0.05, 0.1) is 6.42 Å². The van der Waals surface area contributed by atoms with Gasteiger partial charge in [-0.1, -0.05) is 0 Å². The number of hydrogen-bond donors (Lipinski definition) is 2. The van der Waals surface area contributed by atoms with Crippen LogP contribution in [0.5, 0.6) is 0 Å². The average molecular weight is 272 g/mol. The third-order valence-corrected chi connectivity index (χ3v) is 2.56. The van der Waals surface area contributed by atoms with Crippen LogP contribution in [0, 0.1) is 5.92 Å².